The molecule has 0 saturated heterocycles. The van der Waals surface area contributed by atoms with Gasteiger partial charge in [0, 0.05) is 64.2 Å². The van der Waals surface area contributed by atoms with E-state index < -0.39 is 11.5 Å². The molecule has 6 heterocycles. The van der Waals surface area contributed by atoms with Crippen molar-refractivity contribution in [1.29, 1.82) is 0 Å². The van der Waals surface area contributed by atoms with Crippen LogP contribution in [0.5, 0.6) is 23.3 Å². The molecule has 12 nitrogen and oxygen atoms in total. The van der Waals surface area contributed by atoms with E-state index in [1.165, 1.54) is 27.9 Å². The van der Waals surface area contributed by atoms with Crippen LogP contribution in [0.25, 0.3) is 22.5 Å². The number of carbonyl (C=O) groups excluding carboxylic acids is 4. The highest BCUT2D eigenvalue weighted by atomic mass is 16.6. The minimum absolute atomic E-state index is 0.0108. The quantitative estimate of drug-likeness (QED) is 0.113. The molecule has 0 aliphatic carbocycles. The Labute approximate surface area is 328 Å². The van der Waals surface area contributed by atoms with Crippen molar-refractivity contribution in [3.05, 3.63) is 143 Å². The standard InChI is InChI=1S/C24H22N2O4.C21H16N2O4/c1-14(27)15-5-7-16(8-6-15)19-10-9-18-21(24(2,3)23(28)29-4)17-11-12-25-13-20(17)30-22(18)26-19;1-12(24)14-3-5-15(6-4-14)18-8-7-17-20(26-13(2)25)16-9-10-22-11-19(16)27-21(17)23-18/h5-13,21H,1-4H3;3-11,20H,1-2H3. The zero-order valence-corrected chi connectivity index (χ0v) is 32.1. The van der Waals surface area contributed by atoms with Crippen LogP contribution in [-0.4, -0.2) is 50.6 Å². The van der Waals surface area contributed by atoms with E-state index >= 15 is 0 Å². The number of Topliss-reactive ketones (excluding diaryl/α,β-unsaturated/α-hetero) is 2. The summed E-state index contributed by atoms with van der Waals surface area (Å²) in [4.78, 5) is 64.7. The number of ether oxygens (including phenoxy) is 4. The van der Waals surface area contributed by atoms with E-state index in [1.807, 2.05) is 68.4 Å². The molecule has 57 heavy (non-hydrogen) atoms. The fourth-order valence-electron chi connectivity index (χ4n) is 6.96. The second-order valence-electron chi connectivity index (χ2n) is 14.1. The maximum Gasteiger partial charge on any atom is 0.312 e. The summed E-state index contributed by atoms with van der Waals surface area (Å²) in [6.07, 6.45) is 5.93. The van der Waals surface area contributed by atoms with Gasteiger partial charge in [-0.3, -0.25) is 29.1 Å². The summed E-state index contributed by atoms with van der Waals surface area (Å²) >= 11 is 0. The van der Waals surface area contributed by atoms with Gasteiger partial charge >= 0.3 is 11.9 Å². The highest BCUT2D eigenvalue weighted by Crippen LogP contribution is 2.52. The molecule has 2 aromatic carbocycles. The van der Waals surface area contributed by atoms with Gasteiger partial charge in [-0.1, -0.05) is 54.6 Å². The number of rotatable bonds is 7. The van der Waals surface area contributed by atoms with Crippen molar-refractivity contribution in [1.82, 2.24) is 19.9 Å². The Bertz CT molecular complexity index is 2530. The van der Waals surface area contributed by atoms with Crippen molar-refractivity contribution < 1.29 is 38.1 Å². The molecule has 2 atom stereocenters. The molecule has 0 N–H and O–H groups in total. The molecule has 0 saturated carbocycles. The second-order valence-corrected chi connectivity index (χ2v) is 14.1. The number of pyridine rings is 4. The van der Waals surface area contributed by atoms with Gasteiger partial charge in [0.05, 0.1) is 41.9 Å². The van der Waals surface area contributed by atoms with E-state index in [-0.39, 0.29) is 29.4 Å². The van der Waals surface area contributed by atoms with Crippen molar-refractivity contribution in [3.63, 3.8) is 0 Å². The third kappa shape index (κ3) is 7.62. The summed E-state index contributed by atoms with van der Waals surface area (Å²) in [5, 5.41) is 0. The Morgan fingerprint density at radius 3 is 1.56 bits per heavy atom. The van der Waals surface area contributed by atoms with Crippen LogP contribution in [0.1, 0.15) is 89.6 Å². The minimum atomic E-state index is -0.838. The number of hydrogen-bond donors (Lipinski definition) is 0. The normalized spacial score (nSPS) is 14.7. The Morgan fingerprint density at radius 2 is 1.07 bits per heavy atom. The van der Waals surface area contributed by atoms with Crippen LogP contribution >= 0.6 is 0 Å². The monoisotopic (exact) mass is 762 g/mol. The average Bonchev–Trinajstić information content (AvgIpc) is 3.22. The second kappa shape index (κ2) is 15.6. The number of methoxy groups -OCH3 is 1. The summed E-state index contributed by atoms with van der Waals surface area (Å²) in [6.45, 7) is 8.15. The molecule has 4 aromatic heterocycles. The number of nitrogens with zero attached hydrogens (tertiary/aromatic N) is 4. The molecule has 0 bridgehead atoms. The third-order valence-corrected chi connectivity index (χ3v) is 9.90. The minimum Gasteiger partial charge on any atom is -0.469 e. The number of aromatic nitrogens is 4. The highest BCUT2D eigenvalue weighted by molar-refractivity contribution is 5.95. The van der Waals surface area contributed by atoms with Gasteiger partial charge in [-0.05, 0) is 58.0 Å². The predicted molar refractivity (Wildman–Crippen MR) is 209 cm³/mol. The molecule has 12 heteroatoms. The molecule has 2 unspecified atom stereocenters. The fourth-order valence-corrected chi connectivity index (χ4v) is 6.96. The Morgan fingerprint density at radius 1 is 0.596 bits per heavy atom. The number of hydrogen-bond acceptors (Lipinski definition) is 12. The third-order valence-electron chi connectivity index (χ3n) is 9.90. The maximum atomic E-state index is 12.6. The van der Waals surface area contributed by atoms with Gasteiger partial charge in [-0.25, -0.2) is 9.97 Å². The van der Waals surface area contributed by atoms with E-state index in [0.717, 1.165) is 27.8 Å². The van der Waals surface area contributed by atoms with Crippen molar-refractivity contribution >= 4 is 23.5 Å². The topological polar surface area (TPSA) is 157 Å². The van der Waals surface area contributed by atoms with E-state index in [2.05, 4.69) is 15.0 Å². The van der Waals surface area contributed by atoms with Crippen LogP contribution in [0.4, 0.5) is 0 Å². The molecule has 2 aliphatic heterocycles. The SMILES string of the molecule is CC(=O)OC1c2ccncc2Oc2nc(-c3ccc(C(C)=O)cc3)ccc21.COC(=O)C(C)(C)C1c2ccncc2Oc2nc(-c3ccc(C(C)=O)cc3)ccc21. The zero-order valence-electron chi connectivity index (χ0n) is 32.1. The van der Waals surface area contributed by atoms with E-state index in [1.54, 1.807) is 55.1 Å². The van der Waals surface area contributed by atoms with E-state index in [9.17, 15) is 19.2 Å². The van der Waals surface area contributed by atoms with Gasteiger partial charge < -0.3 is 18.9 Å². The molecule has 0 fully saturated rings. The number of fused-ring (bicyclic) bond motifs is 4. The van der Waals surface area contributed by atoms with Crippen LogP contribution in [0.3, 0.4) is 0 Å². The number of benzene rings is 2. The van der Waals surface area contributed by atoms with E-state index in [4.69, 9.17) is 23.9 Å². The highest BCUT2D eigenvalue weighted by Gasteiger charge is 2.45. The molecule has 0 radical (unpaired) electrons. The van der Waals surface area contributed by atoms with Crippen LogP contribution in [0.15, 0.2) is 110 Å². The first-order valence-electron chi connectivity index (χ1n) is 18.1. The van der Waals surface area contributed by atoms with Crippen LogP contribution in [-0.2, 0) is 19.1 Å². The van der Waals surface area contributed by atoms with Crippen molar-refractivity contribution in [2.45, 2.75) is 46.6 Å². The first kappa shape index (κ1) is 38.2. The summed E-state index contributed by atoms with van der Waals surface area (Å²) in [6, 6.07) is 25.6. The lowest BCUT2D eigenvalue weighted by molar-refractivity contribution is -0.151. The molecular formula is C45H38N4O8. The lowest BCUT2D eigenvalue weighted by Crippen LogP contribution is -2.35. The van der Waals surface area contributed by atoms with Crippen molar-refractivity contribution in [3.8, 4) is 45.8 Å². The van der Waals surface area contributed by atoms with Gasteiger partial charge in [0.15, 0.2) is 29.2 Å². The van der Waals surface area contributed by atoms with Crippen LogP contribution in [0, 0.1) is 5.41 Å². The fraction of sp³-hybridized carbons (Fsp3) is 0.200. The van der Waals surface area contributed by atoms with Gasteiger partial charge in [0.2, 0.25) is 11.8 Å². The predicted octanol–water partition coefficient (Wildman–Crippen LogP) is 8.89. The van der Waals surface area contributed by atoms with Gasteiger partial charge in [0.25, 0.3) is 0 Å². The smallest absolute Gasteiger partial charge is 0.312 e. The molecule has 0 spiro atoms. The van der Waals surface area contributed by atoms with Gasteiger partial charge in [-0.2, -0.15) is 0 Å². The molecule has 286 valence electrons. The first-order valence-corrected chi connectivity index (χ1v) is 18.1. The number of carbonyl (C=O) groups is 4. The average molecular weight is 763 g/mol. The molecule has 8 rings (SSSR count). The summed E-state index contributed by atoms with van der Waals surface area (Å²) in [5.41, 5.74) is 6.66. The Hall–Kier alpha value is -7.08. The lowest BCUT2D eigenvalue weighted by atomic mass is 9.70. The van der Waals surface area contributed by atoms with Crippen LogP contribution in [0.2, 0.25) is 0 Å². The number of ketones is 2. The van der Waals surface area contributed by atoms with E-state index in [0.29, 0.717) is 51.3 Å². The van der Waals surface area contributed by atoms with Crippen LogP contribution < -0.4 is 9.47 Å². The van der Waals surface area contributed by atoms with Crippen molar-refractivity contribution in [2.75, 3.05) is 7.11 Å². The summed E-state index contributed by atoms with van der Waals surface area (Å²) in [7, 11) is 1.39. The summed E-state index contributed by atoms with van der Waals surface area (Å²) in [5.74, 6) is 0.911. The molecule has 0 amide bonds. The Balaban J connectivity index is 0.000000175. The van der Waals surface area contributed by atoms with Gasteiger partial charge in [0.1, 0.15) is 0 Å². The Kier molecular flexibility index (Phi) is 10.4. The molecule has 6 aromatic rings. The summed E-state index contributed by atoms with van der Waals surface area (Å²) < 4.78 is 22.5. The zero-order chi connectivity index (χ0) is 40.4. The molecular weight excluding hydrogens is 725 g/mol. The lowest BCUT2D eigenvalue weighted by Gasteiger charge is -2.36. The number of esters is 2. The molecule has 2 aliphatic rings. The largest absolute Gasteiger partial charge is 0.469 e. The maximum absolute atomic E-state index is 12.6. The van der Waals surface area contributed by atoms with Gasteiger partial charge in [-0.15, -0.1) is 0 Å². The first-order chi connectivity index (χ1) is 27.3. The van der Waals surface area contributed by atoms with Crippen molar-refractivity contribution in [2.24, 2.45) is 5.41 Å².